The number of phenolic OH excluding ortho intramolecular Hbond substituents is 1. The van der Waals surface area contributed by atoms with Gasteiger partial charge in [0.25, 0.3) is 0 Å². The number of nitrogens with zero attached hydrogens (tertiary/aromatic N) is 1. The van der Waals surface area contributed by atoms with Crippen LogP contribution >= 0.6 is 0 Å². The molecule has 3 N–H and O–H groups in total. The Kier molecular flexibility index (Phi) is 19.1. The minimum atomic E-state index is -0.399. The van der Waals surface area contributed by atoms with Crippen molar-refractivity contribution in [3.05, 3.63) is 24.3 Å². The fraction of sp³-hybridized carbons (Fsp3) is 0.800. The van der Waals surface area contributed by atoms with Crippen LogP contribution in [0.2, 0.25) is 0 Å². The van der Waals surface area contributed by atoms with Gasteiger partial charge in [-0.05, 0) is 37.1 Å². The summed E-state index contributed by atoms with van der Waals surface area (Å²) in [6, 6.07) is 7.11. The van der Waals surface area contributed by atoms with Gasteiger partial charge in [0, 0.05) is 18.8 Å². The van der Waals surface area contributed by atoms with Crippen molar-refractivity contribution < 1.29 is 15.3 Å². The van der Waals surface area contributed by atoms with Gasteiger partial charge < -0.3 is 20.2 Å². The maximum atomic E-state index is 10.7. The molecule has 1 rings (SSSR count). The molecule has 0 aliphatic carbocycles. The summed E-state index contributed by atoms with van der Waals surface area (Å²) in [6.07, 6.45) is 21.1. The number of hydrogen-bond acceptors (Lipinski definition) is 4. The average Bonchev–Trinajstić information content (AvgIpc) is 2.82. The van der Waals surface area contributed by atoms with E-state index < -0.39 is 12.2 Å². The van der Waals surface area contributed by atoms with E-state index in [2.05, 4.69) is 18.7 Å². The van der Waals surface area contributed by atoms with Gasteiger partial charge in [0.05, 0.1) is 12.2 Å². The highest BCUT2D eigenvalue weighted by molar-refractivity contribution is 5.49. The van der Waals surface area contributed by atoms with Crippen LogP contribution in [0, 0.1) is 0 Å². The molecule has 0 saturated heterocycles. The summed E-state index contributed by atoms with van der Waals surface area (Å²) in [7, 11) is 0. The van der Waals surface area contributed by atoms with Crippen LogP contribution in [0.25, 0.3) is 0 Å². The molecule has 1 aromatic rings. The number of aliphatic hydroxyl groups excluding tert-OH is 2. The molecule has 0 amide bonds. The Bertz CT molecular complexity index is 535. The van der Waals surface area contributed by atoms with E-state index >= 15 is 0 Å². The van der Waals surface area contributed by atoms with Gasteiger partial charge in [0.15, 0.2) is 0 Å². The lowest BCUT2D eigenvalue weighted by Gasteiger charge is -2.29. The van der Waals surface area contributed by atoms with Crippen molar-refractivity contribution in [1.29, 1.82) is 0 Å². The molecule has 4 nitrogen and oxygen atoms in total. The lowest BCUT2D eigenvalue weighted by Crippen LogP contribution is -2.38. The molecule has 0 saturated carbocycles. The van der Waals surface area contributed by atoms with Gasteiger partial charge >= 0.3 is 0 Å². The number of rotatable bonds is 23. The molecule has 0 aliphatic rings. The standard InChI is InChI=1S/C30H55NO3/c1-3-5-7-9-11-13-15-17-19-29(33)25-31(27-21-23-28(32)24-22-27)26-30(34)20-18-16-14-12-10-8-6-4-2/h21-24,29-30,32-34H,3-20,25-26H2,1-2H3. The van der Waals surface area contributed by atoms with E-state index in [4.69, 9.17) is 0 Å². The molecule has 34 heavy (non-hydrogen) atoms. The van der Waals surface area contributed by atoms with Gasteiger partial charge in [0.1, 0.15) is 5.75 Å². The Morgan fingerprint density at radius 2 is 0.912 bits per heavy atom. The largest absolute Gasteiger partial charge is 0.508 e. The summed E-state index contributed by atoms with van der Waals surface area (Å²) < 4.78 is 0. The Hall–Kier alpha value is -1.26. The third-order valence-corrected chi connectivity index (χ3v) is 6.86. The van der Waals surface area contributed by atoms with E-state index in [1.807, 2.05) is 12.1 Å². The molecule has 1 aromatic carbocycles. The third-order valence-electron chi connectivity index (χ3n) is 6.86. The SMILES string of the molecule is CCCCCCCCCCC(O)CN(CC(O)CCCCCCCCCC)c1ccc(O)cc1. The first-order valence-electron chi connectivity index (χ1n) is 14.5. The number of aliphatic hydroxyl groups is 2. The highest BCUT2D eigenvalue weighted by Crippen LogP contribution is 2.21. The monoisotopic (exact) mass is 477 g/mol. The van der Waals surface area contributed by atoms with Gasteiger partial charge in [-0.15, -0.1) is 0 Å². The summed E-state index contributed by atoms with van der Waals surface area (Å²) in [5.74, 6) is 0.239. The minimum absolute atomic E-state index is 0.239. The number of hydrogen-bond donors (Lipinski definition) is 3. The van der Waals surface area contributed by atoms with E-state index in [0.29, 0.717) is 13.1 Å². The van der Waals surface area contributed by atoms with E-state index in [0.717, 1.165) is 31.4 Å². The molecule has 0 aliphatic heterocycles. The van der Waals surface area contributed by atoms with Crippen LogP contribution in [0.5, 0.6) is 5.75 Å². The quantitative estimate of drug-likeness (QED) is 0.140. The maximum absolute atomic E-state index is 10.7. The average molecular weight is 478 g/mol. The van der Waals surface area contributed by atoms with Crippen LogP contribution in [0.4, 0.5) is 5.69 Å². The molecule has 0 radical (unpaired) electrons. The van der Waals surface area contributed by atoms with E-state index in [9.17, 15) is 15.3 Å². The van der Waals surface area contributed by atoms with Gasteiger partial charge in [0.2, 0.25) is 0 Å². The topological polar surface area (TPSA) is 63.9 Å². The fourth-order valence-corrected chi connectivity index (χ4v) is 4.67. The second-order valence-corrected chi connectivity index (χ2v) is 10.3. The second-order valence-electron chi connectivity index (χ2n) is 10.3. The molecule has 4 heteroatoms. The molecule has 0 bridgehead atoms. The highest BCUT2D eigenvalue weighted by Gasteiger charge is 2.16. The zero-order valence-corrected chi connectivity index (χ0v) is 22.4. The van der Waals surface area contributed by atoms with Crippen LogP contribution in [-0.4, -0.2) is 40.6 Å². The normalized spacial score (nSPS) is 13.2. The molecular weight excluding hydrogens is 422 g/mol. The summed E-state index contributed by atoms with van der Waals surface area (Å²) in [5.41, 5.74) is 0.947. The van der Waals surface area contributed by atoms with Crippen molar-refractivity contribution in [2.45, 2.75) is 142 Å². The first-order chi connectivity index (χ1) is 16.6. The van der Waals surface area contributed by atoms with Gasteiger partial charge in [-0.25, -0.2) is 0 Å². The summed E-state index contributed by atoms with van der Waals surface area (Å²) >= 11 is 0. The number of anilines is 1. The van der Waals surface area contributed by atoms with Crippen LogP contribution in [0.3, 0.4) is 0 Å². The summed E-state index contributed by atoms with van der Waals surface area (Å²) in [6.45, 7) is 5.54. The first-order valence-corrected chi connectivity index (χ1v) is 14.5. The Labute approximate surface area is 210 Å². The fourth-order valence-electron chi connectivity index (χ4n) is 4.67. The van der Waals surface area contributed by atoms with Gasteiger partial charge in [-0.3, -0.25) is 0 Å². The zero-order chi connectivity index (χ0) is 24.9. The van der Waals surface area contributed by atoms with Crippen molar-refractivity contribution in [3.63, 3.8) is 0 Å². The Morgan fingerprint density at radius 3 is 1.29 bits per heavy atom. The molecule has 0 fully saturated rings. The molecule has 2 unspecified atom stereocenters. The highest BCUT2D eigenvalue weighted by atomic mass is 16.3. The van der Waals surface area contributed by atoms with Gasteiger partial charge in [-0.1, -0.05) is 117 Å². The second kappa shape index (κ2) is 21.1. The van der Waals surface area contributed by atoms with Crippen molar-refractivity contribution >= 4 is 5.69 Å². The molecule has 0 spiro atoms. The van der Waals surface area contributed by atoms with Crippen molar-refractivity contribution in [2.24, 2.45) is 0 Å². The lowest BCUT2D eigenvalue weighted by atomic mass is 10.0. The smallest absolute Gasteiger partial charge is 0.115 e. The Morgan fingerprint density at radius 1 is 0.559 bits per heavy atom. The van der Waals surface area contributed by atoms with Gasteiger partial charge in [-0.2, -0.15) is 0 Å². The molecule has 0 heterocycles. The third kappa shape index (κ3) is 16.4. The van der Waals surface area contributed by atoms with Crippen LogP contribution in [-0.2, 0) is 0 Å². The lowest BCUT2D eigenvalue weighted by molar-refractivity contribution is 0.145. The summed E-state index contributed by atoms with van der Waals surface area (Å²) in [5, 5.41) is 31.0. The first kappa shape index (κ1) is 30.8. The molecule has 0 aromatic heterocycles. The molecule has 2 atom stereocenters. The number of unbranched alkanes of at least 4 members (excludes halogenated alkanes) is 14. The van der Waals surface area contributed by atoms with E-state index in [1.165, 1.54) is 89.9 Å². The maximum Gasteiger partial charge on any atom is 0.115 e. The number of phenols is 1. The van der Waals surface area contributed by atoms with Crippen molar-refractivity contribution in [2.75, 3.05) is 18.0 Å². The van der Waals surface area contributed by atoms with E-state index in [-0.39, 0.29) is 5.75 Å². The number of aromatic hydroxyl groups is 1. The predicted molar refractivity (Wildman–Crippen MR) is 147 cm³/mol. The summed E-state index contributed by atoms with van der Waals surface area (Å²) in [4.78, 5) is 2.09. The Balaban J connectivity index is 2.35. The van der Waals surface area contributed by atoms with Crippen LogP contribution in [0.1, 0.15) is 129 Å². The van der Waals surface area contributed by atoms with Crippen molar-refractivity contribution in [3.8, 4) is 5.75 Å². The predicted octanol–water partition coefficient (Wildman–Crippen LogP) is 7.98. The minimum Gasteiger partial charge on any atom is -0.508 e. The molecular formula is C30H55NO3. The van der Waals surface area contributed by atoms with Crippen LogP contribution < -0.4 is 4.90 Å². The van der Waals surface area contributed by atoms with Crippen molar-refractivity contribution in [1.82, 2.24) is 0 Å². The number of benzene rings is 1. The zero-order valence-electron chi connectivity index (χ0n) is 22.4. The molecule has 198 valence electrons. The van der Waals surface area contributed by atoms with E-state index in [1.54, 1.807) is 12.1 Å². The van der Waals surface area contributed by atoms with Crippen LogP contribution in [0.15, 0.2) is 24.3 Å².